The van der Waals surface area contributed by atoms with Gasteiger partial charge in [0, 0.05) is 13.1 Å². The maximum absolute atomic E-state index is 5.74. The first kappa shape index (κ1) is 10.6. The fraction of sp³-hybridized carbons (Fsp3) is 0.500. The van der Waals surface area contributed by atoms with Gasteiger partial charge in [-0.15, -0.1) is 0 Å². The molecule has 2 N–H and O–H groups in total. The van der Waals surface area contributed by atoms with E-state index in [2.05, 4.69) is 36.2 Å². The predicted molar refractivity (Wildman–Crippen MR) is 60.6 cm³/mol. The van der Waals surface area contributed by atoms with Crippen LogP contribution in [0.1, 0.15) is 11.6 Å². The quantitative estimate of drug-likeness (QED) is 0.785. The zero-order chi connectivity index (χ0) is 10.7. The van der Waals surface area contributed by atoms with Gasteiger partial charge in [-0.1, -0.05) is 30.3 Å². The number of nitrogens with zero attached hydrogens (tertiary/aromatic N) is 1. The van der Waals surface area contributed by atoms with E-state index in [4.69, 9.17) is 10.5 Å². The molecule has 1 aromatic carbocycles. The van der Waals surface area contributed by atoms with Gasteiger partial charge in [-0.05, 0) is 12.6 Å². The number of hydrogen-bond donors (Lipinski definition) is 1. The van der Waals surface area contributed by atoms with Gasteiger partial charge in [-0.2, -0.15) is 0 Å². The van der Waals surface area contributed by atoms with E-state index in [-0.39, 0.29) is 6.10 Å². The minimum atomic E-state index is 0.117. The molecule has 1 aromatic rings. The highest BCUT2D eigenvalue weighted by Crippen LogP contribution is 2.27. The molecule has 3 heteroatoms. The molecule has 0 unspecified atom stereocenters. The lowest BCUT2D eigenvalue weighted by Crippen LogP contribution is -2.46. The van der Waals surface area contributed by atoms with Crippen molar-refractivity contribution in [1.29, 1.82) is 0 Å². The third-order valence-corrected chi connectivity index (χ3v) is 2.98. The summed E-state index contributed by atoms with van der Waals surface area (Å²) < 4.78 is 5.70. The van der Waals surface area contributed by atoms with Crippen molar-refractivity contribution in [3.63, 3.8) is 0 Å². The number of benzene rings is 1. The summed E-state index contributed by atoms with van der Waals surface area (Å²) in [6, 6.07) is 10.7. The van der Waals surface area contributed by atoms with Gasteiger partial charge in [0.1, 0.15) is 0 Å². The fourth-order valence-corrected chi connectivity index (χ4v) is 2.18. The summed E-state index contributed by atoms with van der Waals surface area (Å²) in [5.74, 6) is 0. The second-order valence-corrected chi connectivity index (χ2v) is 3.98. The van der Waals surface area contributed by atoms with E-state index in [1.165, 1.54) is 5.56 Å². The minimum Gasteiger partial charge on any atom is -0.374 e. The zero-order valence-electron chi connectivity index (χ0n) is 9.10. The van der Waals surface area contributed by atoms with Crippen molar-refractivity contribution in [2.45, 2.75) is 12.1 Å². The molecule has 0 amide bonds. The molecule has 0 radical (unpaired) electrons. The van der Waals surface area contributed by atoms with E-state index in [1.54, 1.807) is 0 Å². The molecule has 0 saturated carbocycles. The van der Waals surface area contributed by atoms with Crippen molar-refractivity contribution in [2.75, 3.05) is 26.7 Å². The second kappa shape index (κ2) is 4.75. The van der Waals surface area contributed by atoms with Crippen molar-refractivity contribution in [3.05, 3.63) is 35.9 Å². The number of rotatable bonds is 2. The standard InChI is InChI=1S/C12H18N2O/c1-14-7-8-15-11(9-13)12(14)10-5-3-2-4-6-10/h2-6,11-12H,7-9,13H2,1H3/t11-,12+/m0/s1. The Morgan fingerprint density at radius 2 is 2.13 bits per heavy atom. The summed E-state index contributed by atoms with van der Waals surface area (Å²) in [4.78, 5) is 2.32. The third kappa shape index (κ3) is 2.20. The maximum atomic E-state index is 5.74. The summed E-state index contributed by atoms with van der Waals surface area (Å²) in [6.07, 6.45) is 0.117. The molecule has 0 aliphatic carbocycles. The van der Waals surface area contributed by atoms with Crippen LogP contribution in [-0.4, -0.2) is 37.7 Å². The molecule has 15 heavy (non-hydrogen) atoms. The number of morpholine rings is 1. The van der Waals surface area contributed by atoms with Crippen molar-refractivity contribution in [1.82, 2.24) is 4.90 Å². The van der Waals surface area contributed by atoms with Gasteiger partial charge in [0.15, 0.2) is 0 Å². The average Bonchev–Trinajstić information content (AvgIpc) is 2.29. The molecular formula is C12H18N2O. The highest BCUT2D eigenvalue weighted by molar-refractivity contribution is 5.20. The summed E-state index contributed by atoms with van der Waals surface area (Å²) >= 11 is 0. The first-order valence-electron chi connectivity index (χ1n) is 5.40. The molecule has 1 heterocycles. The van der Waals surface area contributed by atoms with Crippen LogP contribution in [-0.2, 0) is 4.74 Å². The predicted octanol–water partition coefficient (Wildman–Crippen LogP) is 1.02. The number of hydrogen-bond acceptors (Lipinski definition) is 3. The smallest absolute Gasteiger partial charge is 0.0894 e. The second-order valence-electron chi connectivity index (χ2n) is 3.98. The highest BCUT2D eigenvalue weighted by atomic mass is 16.5. The summed E-state index contributed by atoms with van der Waals surface area (Å²) in [5, 5.41) is 0. The van der Waals surface area contributed by atoms with Crippen molar-refractivity contribution < 1.29 is 4.74 Å². The van der Waals surface area contributed by atoms with Crippen LogP contribution in [0.4, 0.5) is 0 Å². The summed E-state index contributed by atoms with van der Waals surface area (Å²) in [7, 11) is 2.13. The lowest BCUT2D eigenvalue weighted by Gasteiger charge is -2.38. The van der Waals surface area contributed by atoms with Gasteiger partial charge < -0.3 is 10.5 Å². The van der Waals surface area contributed by atoms with Crippen LogP contribution in [0.3, 0.4) is 0 Å². The Labute approximate surface area is 90.8 Å². The first-order valence-corrected chi connectivity index (χ1v) is 5.40. The fourth-order valence-electron chi connectivity index (χ4n) is 2.18. The van der Waals surface area contributed by atoms with E-state index >= 15 is 0 Å². The Morgan fingerprint density at radius 1 is 1.40 bits per heavy atom. The van der Waals surface area contributed by atoms with Crippen molar-refractivity contribution in [2.24, 2.45) is 5.73 Å². The molecule has 82 valence electrons. The molecule has 1 aliphatic rings. The molecule has 2 atom stereocenters. The number of likely N-dealkylation sites (N-methyl/N-ethyl adjacent to an activating group) is 1. The third-order valence-electron chi connectivity index (χ3n) is 2.98. The van der Waals surface area contributed by atoms with Crippen LogP contribution < -0.4 is 5.73 Å². The molecule has 1 fully saturated rings. The van der Waals surface area contributed by atoms with Crippen LogP contribution in [0.2, 0.25) is 0 Å². The first-order chi connectivity index (χ1) is 7.33. The average molecular weight is 206 g/mol. The molecule has 1 aliphatic heterocycles. The molecule has 1 saturated heterocycles. The van der Waals surface area contributed by atoms with E-state index in [0.29, 0.717) is 12.6 Å². The van der Waals surface area contributed by atoms with E-state index in [9.17, 15) is 0 Å². The topological polar surface area (TPSA) is 38.5 Å². The minimum absolute atomic E-state index is 0.117. The molecule has 3 nitrogen and oxygen atoms in total. The van der Waals surface area contributed by atoms with Gasteiger partial charge in [-0.25, -0.2) is 0 Å². The van der Waals surface area contributed by atoms with Gasteiger partial charge in [0.25, 0.3) is 0 Å². The summed E-state index contributed by atoms with van der Waals surface area (Å²) in [5.41, 5.74) is 7.03. The van der Waals surface area contributed by atoms with Crippen LogP contribution in [0.25, 0.3) is 0 Å². The molecular weight excluding hydrogens is 188 g/mol. The number of nitrogens with two attached hydrogens (primary N) is 1. The van der Waals surface area contributed by atoms with E-state index in [0.717, 1.165) is 13.2 Å². The van der Waals surface area contributed by atoms with Crippen LogP contribution >= 0.6 is 0 Å². The summed E-state index contributed by atoms with van der Waals surface area (Å²) in [6.45, 7) is 2.32. The van der Waals surface area contributed by atoms with Crippen LogP contribution in [0, 0.1) is 0 Å². The Morgan fingerprint density at radius 3 is 2.80 bits per heavy atom. The van der Waals surface area contributed by atoms with E-state index < -0.39 is 0 Å². The zero-order valence-corrected chi connectivity index (χ0v) is 9.10. The Balaban J connectivity index is 2.23. The molecule has 2 rings (SSSR count). The van der Waals surface area contributed by atoms with Crippen molar-refractivity contribution in [3.8, 4) is 0 Å². The molecule has 0 spiro atoms. The van der Waals surface area contributed by atoms with Crippen molar-refractivity contribution >= 4 is 0 Å². The highest BCUT2D eigenvalue weighted by Gasteiger charge is 2.29. The van der Waals surface area contributed by atoms with Crippen LogP contribution in [0.5, 0.6) is 0 Å². The largest absolute Gasteiger partial charge is 0.374 e. The number of ether oxygens (including phenoxy) is 1. The van der Waals surface area contributed by atoms with Gasteiger partial charge in [0.2, 0.25) is 0 Å². The Kier molecular flexibility index (Phi) is 3.36. The van der Waals surface area contributed by atoms with E-state index in [1.807, 2.05) is 6.07 Å². The van der Waals surface area contributed by atoms with Gasteiger partial charge in [0.05, 0.1) is 18.8 Å². The normalized spacial score (nSPS) is 27.9. The monoisotopic (exact) mass is 206 g/mol. The lowest BCUT2D eigenvalue weighted by atomic mass is 9.99. The van der Waals surface area contributed by atoms with Gasteiger partial charge >= 0.3 is 0 Å². The lowest BCUT2D eigenvalue weighted by molar-refractivity contribution is -0.0576. The SMILES string of the molecule is CN1CCO[C@@H](CN)[C@H]1c1ccccc1. The molecule has 0 aromatic heterocycles. The molecule has 0 bridgehead atoms. The Hall–Kier alpha value is -0.900. The Bertz CT molecular complexity index is 302. The van der Waals surface area contributed by atoms with Gasteiger partial charge in [-0.3, -0.25) is 4.90 Å². The maximum Gasteiger partial charge on any atom is 0.0894 e. The van der Waals surface area contributed by atoms with Crippen LogP contribution in [0.15, 0.2) is 30.3 Å².